The van der Waals surface area contributed by atoms with Gasteiger partial charge in [0.25, 0.3) is 5.91 Å². The zero-order valence-corrected chi connectivity index (χ0v) is 21.1. The molecule has 9 heteroatoms. The third-order valence-corrected chi connectivity index (χ3v) is 6.29. The molecule has 2 atom stereocenters. The van der Waals surface area contributed by atoms with E-state index in [9.17, 15) is 14.4 Å². The summed E-state index contributed by atoms with van der Waals surface area (Å²) in [5, 5.41) is 2.81. The molecule has 1 heterocycles. The molecule has 0 spiro atoms. The lowest BCUT2D eigenvalue weighted by atomic mass is 10.1. The number of esters is 1. The van der Waals surface area contributed by atoms with Gasteiger partial charge in [-0.15, -0.1) is 0 Å². The third kappa shape index (κ3) is 6.72. The van der Waals surface area contributed by atoms with Gasteiger partial charge in [0.05, 0.1) is 26.2 Å². The lowest BCUT2D eigenvalue weighted by molar-refractivity contribution is -0.152. The lowest BCUT2D eigenvalue weighted by Crippen LogP contribution is -2.33. The van der Waals surface area contributed by atoms with E-state index in [0.29, 0.717) is 24.5 Å². The molecule has 34 heavy (non-hydrogen) atoms. The van der Waals surface area contributed by atoms with Crippen LogP contribution in [0, 0.1) is 5.92 Å². The summed E-state index contributed by atoms with van der Waals surface area (Å²) >= 11 is 3.38. The molecular weight excluding hydrogens is 504 g/mol. The van der Waals surface area contributed by atoms with Gasteiger partial charge in [0, 0.05) is 24.0 Å². The van der Waals surface area contributed by atoms with Crippen molar-refractivity contribution >= 4 is 33.7 Å². The van der Waals surface area contributed by atoms with Crippen LogP contribution >= 0.6 is 15.9 Å². The number of nitrogens with one attached hydrogen (secondary N) is 1. The Morgan fingerprint density at radius 2 is 1.82 bits per heavy atom. The van der Waals surface area contributed by atoms with Crippen molar-refractivity contribution in [2.45, 2.75) is 25.8 Å². The van der Waals surface area contributed by atoms with Crippen molar-refractivity contribution < 1.29 is 28.6 Å². The van der Waals surface area contributed by atoms with Gasteiger partial charge in [0.1, 0.15) is 0 Å². The molecule has 0 bridgehead atoms. The molecule has 1 N–H and O–H groups in total. The van der Waals surface area contributed by atoms with Crippen LogP contribution in [0.25, 0.3) is 0 Å². The Balaban J connectivity index is 1.44. The molecule has 2 aromatic carbocycles. The molecule has 0 saturated carbocycles. The van der Waals surface area contributed by atoms with E-state index in [1.54, 1.807) is 19.1 Å². The van der Waals surface area contributed by atoms with E-state index < -0.39 is 17.8 Å². The summed E-state index contributed by atoms with van der Waals surface area (Å²) in [4.78, 5) is 38.7. The van der Waals surface area contributed by atoms with E-state index in [2.05, 4.69) is 21.2 Å². The second kappa shape index (κ2) is 11.9. The molecule has 1 aliphatic rings. The first-order chi connectivity index (χ1) is 16.3. The standard InChI is InChI=1S/C25H29BrN2O6/c1-16(18-5-7-20(26)8-6-18)27-23(29)15-34-25(31)19-13-24(30)28(14-19)11-10-17-4-9-21(32-2)22(12-17)33-3/h4-9,12,16,19H,10-11,13-15H2,1-3H3,(H,27,29). The smallest absolute Gasteiger partial charge is 0.311 e. The topological polar surface area (TPSA) is 94.2 Å². The number of hydrogen-bond donors (Lipinski definition) is 1. The Bertz CT molecular complexity index is 1030. The normalized spacial score (nSPS) is 16.2. The number of benzene rings is 2. The van der Waals surface area contributed by atoms with Gasteiger partial charge in [-0.25, -0.2) is 0 Å². The number of methoxy groups -OCH3 is 2. The van der Waals surface area contributed by atoms with Gasteiger partial charge >= 0.3 is 5.97 Å². The van der Waals surface area contributed by atoms with Crippen LogP contribution in [-0.2, 0) is 25.5 Å². The molecule has 182 valence electrons. The monoisotopic (exact) mass is 532 g/mol. The van der Waals surface area contributed by atoms with E-state index in [4.69, 9.17) is 14.2 Å². The molecule has 1 aliphatic heterocycles. The maximum Gasteiger partial charge on any atom is 0.311 e. The SMILES string of the molecule is COc1ccc(CCN2CC(C(=O)OCC(=O)NC(C)c3ccc(Br)cc3)CC2=O)cc1OC. The van der Waals surface area contributed by atoms with E-state index in [0.717, 1.165) is 15.6 Å². The fraction of sp³-hybridized carbons (Fsp3) is 0.400. The zero-order chi connectivity index (χ0) is 24.7. The van der Waals surface area contributed by atoms with Crippen molar-refractivity contribution in [1.82, 2.24) is 10.2 Å². The van der Waals surface area contributed by atoms with Crippen LogP contribution in [0.2, 0.25) is 0 Å². The number of nitrogens with zero attached hydrogens (tertiary/aromatic N) is 1. The predicted molar refractivity (Wildman–Crippen MR) is 130 cm³/mol. The Labute approximate surface area is 207 Å². The Morgan fingerprint density at radius 1 is 1.12 bits per heavy atom. The van der Waals surface area contributed by atoms with E-state index in [1.165, 1.54) is 0 Å². The number of ether oxygens (including phenoxy) is 3. The highest BCUT2D eigenvalue weighted by Crippen LogP contribution is 2.28. The average molecular weight is 533 g/mol. The minimum atomic E-state index is -0.574. The first-order valence-corrected chi connectivity index (χ1v) is 11.8. The number of carbonyl (C=O) groups is 3. The lowest BCUT2D eigenvalue weighted by Gasteiger charge is -2.17. The second-order valence-corrected chi connectivity index (χ2v) is 9.04. The van der Waals surface area contributed by atoms with E-state index >= 15 is 0 Å². The molecule has 3 rings (SSSR count). The number of likely N-dealkylation sites (tertiary alicyclic amines) is 1. The largest absolute Gasteiger partial charge is 0.493 e. The van der Waals surface area contributed by atoms with Crippen LogP contribution in [0.5, 0.6) is 11.5 Å². The van der Waals surface area contributed by atoms with Crippen molar-refractivity contribution in [3.63, 3.8) is 0 Å². The number of hydrogen-bond acceptors (Lipinski definition) is 6. The van der Waals surface area contributed by atoms with Crippen molar-refractivity contribution in [2.75, 3.05) is 33.9 Å². The van der Waals surface area contributed by atoms with Gasteiger partial charge in [-0.05, 0) is 48.7 Å². The van der Waals surface area contributed by atoms with Gasteiger partial charge in [-0.1, -0.05) is 34.1 Å². The quantitative estimate of drug-likeness (QED) is 0.472. The molecule has 2 aromatic rings. The highest BCUT2D eigenvalue weighted by Gasteiger charge is 2.35. The van der Waals surface area contributed by atoms with Crippen LogP contribution in [0.15, 0.2) is 46.9 Å². The summed E-state index contributed by atoms with van der Waals surface area (Å²) in [5.41, 5.74) is 1.93. The maximum atomic E-state index is 12.4. The van der Waals surface area contributed by atoms with Gasteiger partial charge < -0.3 is 24.4 Å². The average Bonchev–Trinajstić information content (AvgIpc) is 3.21. The molecule has 0 radical (unpaired) electrons. The van der Waals surface area contributed by atoms with Crippen LogP contribution in [0.4, 0.5) is 0 Å². The highest BCUT2D eigenvalue weighted by atomic mass is 79.9. The van der Waals surface area contributed by atoms with E-state index in [1.807, 2.05) is 49.4 Å². The van der Waals surface area contributed by atoms with Crippen LogP contribution in [0.1, 0.15) is 30.5 Å². The summed E-state index contributed by atoms with van der Waals surface area (Å²) < 4.78 is 16.7. The fourth-order valence-corrected chi connectivity index (χ4v) is 4.08. The Morgan fingerprint density at radius 3 is 2.50 bits per heavy atom. The number of rotatable bonds is 10. The van der Waals surface area contributed by atoms with Crippen LogP contribution < -0.4 is 14.8 Å². The molecule has 1 saturated heterocycles. The van der Waals surface area contributed by atoms with Crippen LogP contribution in [-0.4, -0.2) is 56.6 Å². The van der Waals surface area contributed by atoms with Gasteiger partial charge in [-0.3, -0.25) is 14.4 Å². The molecule has 2 unspecified atom stereocenters. The summed E-state index contributed by atoms with van der Waals surface area (Å²) in [6.45, 7) is 2.23. The maximum absolute atomic E-state index is 12.4. The van der Waals surface area contributed by atoms with E-state index in [-0.39, 0.29) is 31.5 Å². The van der Waals surface area contributed by atoms with Crippen molar-refractivity contribution in [3.05, 3.63) is 58.1 Å². The molecule has 0 aliphatic carbocycles. The minimum absolute atomic E-state index is 0.0850. The third-order valence-electron chi connectivity index (χ3n) is 5.76. The molecule has 2 amide bonds. The first-order valence-electron chi connectivity index (χ1n) is 11.0. The number of halogens is 1. The summed E-state index contributed by atoms with van der Waals surface area (Å²) in [6.07, 6.45) is 0.700. The minimum Gasteiger partial charge on any atom is -0.493 e. The Hall–Kier alpha value is -3.07. The summed E-state index contributed by atoms with van der Waals surface area (Å²) in [7, 11) is 3.15. The molecule has 8 nitrogen and oxygen atoms in total. The van der Waals surface area contributed by atoms with Gasteiger partial charge in [0.15, 0.2) is 18.1 Å². The molecule has 1 fully saturated rings. The zero-order valence-electron chi connectivity index (χ0n) is 19.5. The predicted octanol–water partition coefficient (Wildman–Crippen LogP) is 3.28. The first kappa shape index (κ1) is 25.6. The van der Waals surface area contributed by atoms with Gasteiger partial charge in [0.2, 0.25) is 5.91 Å². The highest BCUT2D eigenvalue weighted by molar-refractivity contribution is 9.10. The van der Waals surface area contributed by atoms with Crippen molar-refractivity contribution in [2.24, 2.45) is 5.92 Å². The summed E-state index contributed by atoms with van der Waals surface area (Å²) in [5.74, 6) is -0.333. The Kier molecular flexibility index (Phi) is 8.92. The van der Waals surface area contributed by atoms with Gasteiger partial charge in [-0.2, -0.15) is 0 Å². The summed E-state index contributed by atoms with van der Waals surface area (Å²) in [6, 6.07) is 13.0. The van der Waals surface area contributed by atoms with Crippen molar-refractivity contribution in [3.8, 4) is 11.5 Å². The number of carbonyl (C=O) groups excluding carboxylic acids is 3. The fourth-order valence-electron chi connectivity index (χ4n) is 3.82. The van der Waals surface area contributed by atoms with Crippen molar-refractivity contribution in [1.29, 1.82) is 0 Å². The van der Waals surface area contributed by atoms with Crippen LogP contribution in [0.3, 0.4) is 0 Å². The molecular formula is C25H29BrN2O6. The molecule has 0 aromatic heterocycles. The second-order valence-electron chi connectivity index (χ2n) is 8.13. The number of amides is 2.